The van der Waals surface area contributed by atoms with Crippen molar-refractivity contribution in [3.63, 3.8) is 0 Å². The zero-order chi connectivity index (χ0) is 29.3. The fraction of sp³-hybridized carbons (Fsp3) is 0. The van der Waals surface area contributed by atoms with Gasteiger partial charge in [-0.25, -0.2) is 0 Å². The van der Waals surface area contributed by atoms with Gasteiger partial charge >= 0.3 is 59.1 Å². The minimum absolute atomic E-state index is 0. The molecule has 0 aliphatic heterocycles. The summed E-state index contributed by atoms with van der Waals surface area (Å²) in [6.45, 7) is 0. The second-order valence-electron chi connectivity index (χ2n) is 8.19. The quantitative estimate of drug-likeness (QED) is 0.131. The van der Waals surface area contributed by atoms with E-state index in [4.69, 9.17) is 15.0 Å². The monoisotopic (exact) mass is 624 g/mol. The first-order chi connectivity index (χ1) is 18.8. The molecule has 0 unspecified atom stereocenters. The Morgan fingerprint density at radius 3 is 1.10 bits per heavy atom. The third-order valence-corrected chi connectivity index (χ3v) is 7.31. The maximum atomic E-state index is 11.5. The standard InChI is InChI=1S/C28H22O6S2.CH2O3.2Na/c29-35(30,31)27-7-3-1-5-25(27)19-13-21-9-15-23(16-10-21)24-17-11-22(12-18-24)14-20-26-6-2-4-8-28(26)36(32,33)34;2-1(3)4;;/h1-20H,(H,29,30,31)(H,32,33,34);(H2,2,3,4);;/q;;2*+1/p-2/b19-13+,20-14+;;;. The van der Waals surface area contributed by atoms with Crippen molar-refractivity contribution in [3.8, 4) is 11.1 Å². The fourth-order valence-electron chi connectivity index (χ4n) is 3.65. The van der Waals surface area contributed by atoms with Gasteiger partial charge in [-0.15, -0.1) is 0 Å². The van der Waals surface area contributed by atoms with E-state index in [1.807, 2.05) is 48.5 Å². The van der Waals surface area contributed by atoms with Gasteiger partial charge in [0.2, 0.25) is 0 Å². The molecule has 0 amide bonds. The van der Waals surface area contributed by atoms with Crippen LogP contribution in [0.4, 0.5) is 4.79 Å². The van der Waals surface area contributed by atoms with E-state index in [1.165, 1.54) is 12.1 Å². The molecule has 0 bridgehead atoms. The van der Waals surface area contributed by atoms with Crippen LogP contribution >= 0.6 is 0 Å². The van der Waals surface area contributed by atoms with Crippen LogP contribution < -0.4 is 69.3 Å². The van der Waals surface area contributed by atoms with Crippen molar-refractivity contribution in [2.45, 2.75) is 9.79 Å². The van der Waals surface area contributed by atoms with Crippen molar-refractivity contribution in [3.05, 3.63) is 119 Å². The van der Waals surface area contributed by atoms with Crippen LogP contribution in [0.3, 0.4) is 0 Å². The molecule has 0 aromatic heterocycles. The molecule has 0 fully saturated rings. The summed E-state index contributed by atoms with van der Waals surface area (Å²) in [7, 11) is -8.61. The van der Waals surface area contributed by atoms with E-state index in [0.717, 1.165) is 22.3 Å². The minimum atomic E-state index is -4.31. The first-order valence-electron chi connectivity index (χ1n) is 11.4. The number of benzene rings is 4. The Morgan fingerprint density at radius 1 is 0.524 bits per heavy atom. The molecule has 9 nitrogen and oxygen atoms in total. The topological polar surface area (TPSA) is 172 Å². The van der Waals surface area contributed by atoms with Gasteiger partial charge in [0.25, 0.3) is 20.2 Å². The van der Waals surface area contributed by atoms with Crippen molar-refractivity contribution in [1.82, 2.24) is 0 Å². The average molecular weight is 625 g/mol. The minimum Gasteiger partial charge on any atom is -0.652 e. The summed E-state index contributed by atoms with van der Waals surface area (Å²) in [5.74, 6) is 0. The van der Waals surface area contributed by atoms with Gasteiger partial charge in [0.05, 0.1) is 0 Å². The third-order valence-electron chi connectivity index (χ3n) is 5.46. The van der Waals surface area contributed by atoms with E-state index >= 15 is 0 Å². The van der Waals surface area contributed by atoms with E-state index in [-0.39, 0.29) is 68.9 Å². The molecule has 0 radical (unpaired) electrons. The molecule has 4 aromatic carbocycles. The number of carbonyl (C=O) groups excluding carboxylic acids is 1. The summed E-state index contributed by atoms with van der Waals surface area (Å²) in [5, 5.41) is 16.7. The molecule has 206 valence electrons. The van der Waals surface area contributed by atoms with Gasteiger partial charge in [0.15, 0.2) is 0 Å². The van der Waals surface area contributed by atoms with Crippen LogP contribution in [0.1, 0.15) is 22.3 Å². The molecule has 0 saturated carbocycles. The predicted octanol–water partition coefficient (Wildman–Crippen LogP) is -2.25. The molecule has 0 atom stereocenters. The number of carboxylic acid groups (broad SMARTS) is 2. The van der Waals surface area contributed by atoms with Gasteiger partial charge in [0.1, 0.15) is 9.79 Å². The van der Waals surface area contributed by atoms with Crippen LogP contribution in [0.5, 0.6) is 0 Å². The first kappa shape index (κ1) is 37.5. The molecule has 4 rings (SSSR count). The molecule has 0 heterocycles. The number of rotatable bonds is 7. The van der Waals surface area contributed by atoms with Crippen molar-refractivity contribution in [2.24, 2.45) is 0 Å². The van der Waals surface area contributed by atoms with Gasteiger partial charge in [-0.3, -0.25) is 9.11 Å². The van der Waals surface area contributed by atoms with E-state index in [1.54, 1.807) is 60.7 Å². The Hall–Kier alpha value is -2.55. The molecular weight excluding hydrogens is 602 g/mol. The molecule has 13 heteroatoms. The normalized spacial score (nSPS) is 11.2. The van der Waals surface area contributed by atoms with E-state index in [0.29, 0.717) is 11.1 Å². The Kier molecular flexibility index (Phi) is 15.1. The summed E-state index contributed by atoms with van der Waals surface area (Å²) in [5.41, 5.74) is 4.48. The summed E-state index contributed by atoms with van der Waals surface area (Å²) >= 11 is 0. The van der Waals surface area contributed by atoms with Crippen molar-refractivity contribution in [2.75, 3.05) is 0 Å². The molecule has 42 heavy (non-hydrogen) atoms. The molecule has 4 aromatic rings. The van der Waals surface area contributed by atoms with E-state index < -0.39 is 26.4 Å². The van der Waals surface area contributed by atoms with E-state index in [9.17, 15) is 25.9 Å². The third kappa shape index (κ3) is 11.6. The van der Waals surface area contributed by atoms with Crippen LogP contribution in [0, 0.1) is 0 Å². The summed E-state index contributed by atoms with van der Waals surface area (Å²) < 4.78 is 64.9. The molecule has 0 saturated heterocycles. The molecule has 2 N–H and O–H groups in total. The Morgan fingerprint density at radius 2 is 0.810 bits per heavy atom. The SMILES string of the molecule is O=C([O-])[O-].O=S(=O)(O)c1ccccc1/C=C/c1ccc(-c2ccc(/C=C/c3ccccc3S(=O)(=O)O)cc2)cc1.[Na+].[Na+]. The van der Waals surface area contributed by atoms with Crippen LogP contribution in [0.15, 0.2) is 107 Å². The van der Waals surface area contributed by atoms with Crippen LogP contribution in [0.25, 0.3) is 35.4 Å². The van der Waals surface area contributed by atoms with Crippen LogP contribution in [0.2, 0.25) is 0 Å². The van der Waals surface area contributed by atoms with Gasteiger partial charge in [-0.05, 0) is 51.7 Å². The second-order valence-corrected chi connectivity index (χ2v) is 11.0. The molecule has 0 aliphatic carbocycles. The van der Waals surface area contributed by atoms with Crippen molar-refractivity contribution in [1.29, 1.82) is 0 Å². The Bertz CT molecular complexity index is 1640. The van der Waals surface area contributed by atoms with Gasteiger partial charge in [-0.1, -0.05) is 109 Å². The summed E-state index contributed by atoms with van der Waals surface area (Å²) in [6, 6.07) is 27.8. The number of hydrogen-bond acceptors (Lipinski definition) is 7. The Balaban J connectivity index is 0.00000138. The summed E-state index contributed by atoms with van der Waals surface area (Å²) in [4.78, 5) is 8.04. The largest absolute Gasteiger partial charge is 1.00 e. The molecular formula is C29H22Na2O9S2. The zero-order valence-corrected chi connectivity index (χ0v) is 28.2. The summed E-state index contributed by atoms with van der Waals surface area (Å²) in [6.07, 6.45) is 4.48. The van der Waals surface area contributed by atoms with Gasteiger partial charge in [-0.2, -0.15) is 16.8 Å². The van der Waals surface area contributed by atoms with Gasteiger partial charge in [0, 0.05) is 0 Å². The van der Waals surface area contributed by atoms with E-state index in [2.05, 4.69) is 0 Å². The molecule has 0 aliphatic rings. The second kappa shape index (κ2) is 16.9. The molecule has 0 spiro atoms. The fourth-order valence-corrected chi connectivity index (χ4v) is 5.02. The maximum Gasteiger partial charge on any atom is 1.00 e. The first-order valence-corrected chi connectivity index (χ1v) is 14.3. The Labute approximate surface area is 288 Å². The van der Waals surface area contributed by atoms with Crippen molar-refractivity contribution >= 4 is 50.7 Å². The maximum absolute atomic E-state index is 11.5. The zero-order valence-electron chi connectivity index (χ0n) is 22.6. The smallest absolute Gasteiger partial charge is 0.652 e. The van der Waals surface area contributed by atoms with Crippen LogP contribution in [-0.2, 0) is 20.2 Å². The number of carbonyl (C=O) groups is 1. The average Bonchev–Trinajstić information content (AvgIpc) is 2.90. The predicted molar refractivity (Wildman–Crippen MR) is 148 cm³/mol. The van der Waals surface area contributed by atoms with Gasteiger partial charge < -0.3 is 15.0 Å². The number of hydrogen-bond donors (Lipinski definition) is 2. The van der Waals surface area contributed by atoms with Crippen molar-refractivity contribution < 1.29 is 100 Å². The van der Waals surface area contributed by atoms with Crippen LogP contribution in [-0.4, -0.2) is 32.1 Å².